The zero-order valence-electron chi connectivity index (χ0n) is 15.4. The van der Waals surface area contributed by atoms with Gasteiger partial charge in [0.25, 0.3) is 0 Å². The number of aromatic nitrogens is 1. The van der Waals surface area contributed by atoms with E-state index in [-0.39, 0.29) is 18.7 Å². The number of likely N-dealkylation sites (tertiary alicyclic amines) is 1. The molecule has 9 heteroatoms. The normalized spacial score (nSPS) is 25.7. The van der Waals surface area contributed by atoms with Gasteiger partial charge in [-0.25, -0.2) is 10.4 Å². The van der Waals surface area contributed by atoms with Crippen molar-refractivity contribution in [2.45, 2.75) is 31.3 Å². The molecule has 2 aromatic rings. The number of rotatable bonds is 4. The summed E-state index contributed by atoms with van der Waals surface area (Å²) < 4.78 is 10.9. The van der Waals surface area contributed by atoms with Crippen LogP contribution in [0.4, 0.5) is 5.13 Å². The van der Waals surface area contributed by atoms with Crippen molar-refractivity contribution < 1.29 is 14.3 Å². The van der Waals surface area contributed by atoms with E-state index >= 15 is 0 Å². The number of anilines is 1. The Morgan fingerprint density at radius 3 is 3.07 bits per heavy atom. The number of piperidine rings is 1. The topological polar surface area (TPSA) is 102 Å². The van der Waals surface area contributed by atoms with Crippen molar-refractivity contribution in [2.24, 2.45) is 5.92 Å². The molecule has 0 radical (unpaired) electrons. The molecule has 148 valence electrons. The van der Waals surface area contributed by atoms with Crippen molar-refractivity contribution in [1.82, 2.24) is 20.7 Å². The van der Waals surface area contributed by atoms with Crippen LogP contribution in [0, 0.1) is 5.92 Å². The second kappa shape index (κ2) is 7.23. The molecule has 0 aliphatic carbocycles. The Balaban J connectivity index is 1.25. The fourth-order valence-corrected chi connectivity index (χ4v) is 4.89. The van der Waals surface area contributed by atoms with Gasteiger partial charge in [0.05, 0.1) is 11.7 Å². The lowest BCUT2D eigenvalue weighted by Crippen LogP contribution is -2.47. The number of benzene rings is 1. The lowest BCUT2D eigenvalue weighted by atomic mass is 9.85. The second-order valence-corrected chi connectivity index (χ2v) is 8.34. The number of amides is 1. The highest BCUT2D eigenvalue weighted by Crippen LogP contribution is 2.39. The van der Waals surface area contributed by atoms with Gasteiger partial charge in [-0.15, -0.1) is 11.3 Å². The second-order valence-electron chi connectivity index (χ2n) is 7.45. The van der Waals surface area contributed by atoms with E-state index in [0.717, 1.165) is 42.3 Å². The SMILES string of the molecule is Nc1nc(CCC(=O)N2CCC3NNC(c4ccc5c(c4)OCO5)C3C2)cs1. The molecule has 3 atom stereocenters. The molecule has 2 fully saturated rings. The van der Waals surface area contributed by atoms with E-state index in [0.29, 0.717) is 29.9 Å². The molecule has 5 rings (SSSR count). The molecule has 1 aromatic carbocycles. The van der Waals surface area contributed by atoms with Gasteiger partial charge in [-0.3, -0.25) is 10.2 Å². The average molecular weight is 401 g/mol. The first-order chi connectivity index (χ1) is 13.7. The van der Waals surface area contributed by atoms with Gasteiger partial charge in [-0.05, 0) is 30.5 Å². The van der Waals surface area contributed by atoms with Crippen LogP contribution >= 0.6 is 11.3 Å². The van der Waals surface area contributed by atoms with Crippen molar-refractivity contribution in [3.63, 3.8) is 0 Å². The van der Waals surface area contributed by atoms with Crippen molar-refractivity contribution in [1.29, 1.82) is 0 Å². The molecule has 4 heterocycles. The summed E-state index contributed by atoms with van der Waals surface area (Å²) in [5, 5.41) is 2.48. The average Bonchev–Trinajstić information content (AvgIpc) is 3.44. The zero-order chi connectivity index (χ0) is 19.1. The Hall–Kier alpha value is -2.36. The Kier molecular flexibility index (Phi) is 4.58. The fourth-order valence-electron chi connectivity index (χ4n) is 4.30. The molecule has 1 aromatic heterocycles. The summed E-state index contributed by atoms with van der Waals surface area (Å²) in [5.41, 5.74) is 14.5. The molecule has 2 saturated heterocycles. The summed E-state index contributed by atoms with van der Waals surface area (Å²) >= 11 is 1.42. The number of nitrogens with two attached hydrogens (primary N) is 1. The van der Waals surface area contributed by atoms with Crippen molar-refractivity contribution in [3.8, 4) is 11.5 Å². The maximum atomic E-state index is 12.8. The number of fused-ring (bicyclic) bond motifs is 2. The minimum Gasteiger partial charge on any atom is -0.454 e. The number of ether oxygens (including phenoxy) is 2. The summed E-state index contributed by atoms with van der Waals surface area (Å²) in [4.78, 5) is 19.0. The lowest BCUT2D eigenvalue weighted by molar-refractivity contribution is -0.133. The molecule has 4 N–H and O–H groups in total. The number of carbonyl (C=O) groups excluding carboxylic acids is 1. The number of nitrogens with one attached hydrogen (secondary N) is 2. The minimum atomic E-state index is 0.133. The van der Waals surface area contributed by atoms with Crippen LogP contribution in [-0.4, -0.2) is 41.7 Å². The number of hydrogen-bond acceptors (Lipinski definition) is 8. The summed E-state index contributed by atoms with van der Waals surface area (Å²) in [6.45, 7) is 1.79. The molecule has 3 aliphatic heterocycles. The van der Waals surface area contributed by atoms with Crippen LogP contribution in [0.25, 0.3) is 0 Å². The van der Waals surface area contributed by atoms with Gasteiger partial charge in [-0.2, -0.15) is 0 Å². The van der Waals surface area contributed by atoms with Gasteiger partial charge in [0.1, 0.15) is 0 Å². The van der Waals surface area contributed by atoms with Crippen LogP contribution < -0.4 is 26.1 Å². The van der Waals surface area contributed by atoms with E-state index in [1.54, 1.807) is 0 Å². The molecule has 28 heavy (non-hydrogen) atoms. The lowest BCUT2D eigenvalue weighted by Gasteiger charge is -2.36. The van der Waals surface area contributed by atoms with E-state index in [9.17, 15) is 4.79 Å². The van der Waals surface area contributed by atoms with E-state index in [4.69, 9.17) is 15.2 Å². The molecular weight excluding hydrogens is 378 g/mol. The van der Waals surface area contributed by atoms with E-state index in [1.165, 1.54) is 11.3 Å². The van der Waals surface area contributed by atoms with Crippen LogP contribution in [0.2, 0.25) is 0 Å². The van der Waals surface area contributed by atoms with Crippen LogP contribution in [0.1, 0.15) is 30.1 Å². The molecule has 3 unspecified atom stereocenters. The summed E-state index contributed by atoms with van der Waals surface area (Å²) in [7, 11) is 0. The highest BCUT2D eigenvalue weighted by Gasteiger charge is 2.41. The highest BCUT2D eigenvalue weighted by atomic mass is 32.1. The third kappa shape index (κ3) is 3.30. The molecular formula is C19H23N5O3S. The summed E-state index contributed by atoms with van der Waals surface area (Å²) in [6, 6.07) is 6.56. The minimum absolute atomic E-state index is 0.133. The number of thiazole rings is 1. The Morgan fingerprint density at radius 2 is 2.21 bits per heavy atom. The standard InChI is InChI=1S/C19H23N5O3S/c20-19-21-12(9-28-19)2-4-17(25)24-6-5-14-13(8-24)18(23-22-14)11-1-3-15-16(7-11)27-10-26-15/h1,3,7,9,13-14,18,22-23H,2,4-6,8,10H2,(H2,20,21). The molecule has 0 spiro atoms. The van der Waals surface area contributed by atoms with Crippen LogP contribution in [-0.2, 0) is 11.2 Å². The number of aryl methyl sites for hydroxylation is 1. The van der Waals surface area contributed by atoms with Crippen LogP contribution in [0.5, 0.6) is 11.5 Å². The van der Waals surface area contributed by atoms with E-state index < -0.39 is 0 Å². The quantitative estimate of drug-likeness (QED) is 0.713. The number of carbonyl (C=O) groups is 1. The van der Waals surface area contributed by atoms with Crippen LogP contribution in [0.15, 0.2) is 23.6 Å². The van der Waals surface area contributed by atoms with E-state index in [2.05, 4.69) is 21.9 Å². The monoisotopic (exact) mass is 401 g/mol. The maximum Gasteiger partial charge on any atom is 0.231 e. The number of hydrogen-bond donors (Lipinski definition) is 3. The van der Waals surface area contributed by atoms with Crippen LogP contribution in [0.3, 0.4) is 0 Å². The fraction of sp³-hybridized carbons (Fsp3) is 0.474. The summed E-state index contributed by atoms with van der Waals surface area (Å²) in [6.07, 6.45) is 2.05. The van der Waals surface area contributed by atoms with Gasteiger partial charge >= 0.3 is 0 Å². The molecule has 0 bridgehead atoms. The highest BCUT2D eigenvalue weighted by molar-refractivity contribution is 7.13. The smallest absolute Gasteiger partial charge is 0.231 e. The zero-order valence-corrected chi connectivity index (χ0v) is 16.2. The first-order valence-corrected chi connectivity index (χ1v) is 10.4. The Morgan fingerprint density at radius 1 is 1.32 bits per heavy atom. The predicted octanol–water partition coefficient (Wildman–Crippen LogP) is 1.45. The largest absolute Gasteiger partial charge is 0.454 e. The first kappa shape index (κ1) is 17.7. The van der Waals surface area contributed by atoms with Gasteiger partial charge in [0.15, 0.2) is 16.6 Å². The maximum absolute atomic E-state index is 12.8. The first-order valence-electron chi connectivity index (χ1n) is 9.55. The van der Waals surface area contributed by atoms with Gasteiger partial charge < -0.3 is 20.1 Å². The summed E-state index contributed by atoms with van der Waals surface area (Å²) in [5.74, 6) is 2.07. The molecule has 3 aliphatic rings. The van der Waals surface area contributed by atoms with Crippen molar-refractivity contribution >= 4 is 22.4 Å². The number of hydrazine groups is 1. The predicted molar refractivity (Wildman–Crippen MR) is 105 cm³/mol. The Labute approximate surface area is 167 Å². The van der Waals surface area contributed by atoms with Crippen molar-refractivity contribution in [2.75, 3.05) is 25.6 Å². The van der Waals surface area contributed by atoms with Gasteiger partial charge in [-0.1, -0.05) is 6.07 Å². The molecule has 0 saturated carbocycles. The third-order valence-electron chi connectivity index (χ3n) is 5.78. The van der Waals surface area contributed by atoms with Gasteiger partial charge in [0, 0.05) is 36.9 Å². The Bertz CT molecular complexity index is 888. The van der Waals surface area contributed by atoms with Gasteiger partial charge in [0.2, 0.25) is 12.7 Å². The molecule has 8 nitrogen and oxygen atoms in total. The van der Waals surface area contributed by atoms with E-state index in [1.807, 2.05) is 22.4 Å². The number of nitrogens with zero attached hydrogens (tertiary/aromatic N) is 2. The van der Waals surface area contributed by atoms with Crippen molar-refractivity contribution in [3.05, 3.63) is 34.8 Å². The number of nitrogen functional groups attached to an aromatic ring is 1. The molecule has 1 amide bonds. The third-order valence-corrected chi connectivity index (χ3v) is 6.51.